The summed E-state index contributed by atoms with van der Waals surface area (Å²) < 4.78 is 4.87. The van der Waals surface area contributed by atoms with Crippen LogP contribution in [0.5, 0.6) is 11.5 Å². The van der Waals surface area contributed by atoms with E-state index in [-0.39, 0.29) is 28.9 Å². The van der Waals surface area contributed by atoms with Crippen molar-refractivity contribution in [1.29, 1.82) is 5.53 Å². The van der Waals surface area contributed by atoms with E-state index in [4.69, 9.17) is 10.3 Å². The molecule has 0 fully saturated rings. The minimum Gasteiger partial charge on any atom is -0.507 e. The average Bonchev–Trinajstić information content (AvgIpc) is 3.57. The molecule has 0 aliphatic carbocycles. The van der Waals surface area contributed by atoms with Crippen molar-refractivity contribution in [3.8, 4) is 46.3 Å². The molecule has 1 atom stereocenters. The molecule has 0 aliphatic rings. The van der Waals surface area contributed by atoms with Gasteiger partial charge in [0.05, 0.1) is 24.6 Å². The Balaban J connectivity index is 2.01. The number of aromatic amines is 1. The lowest BCUT2D eigenvalue weighted by molar-refractivity contribution is -0.142. The van der Waals surface area contributed by atoms with Gasteiger partial charge in [0, 0.05) is 23.9 Å². The molecule has 19 heteroatoms. The fourth-order valence-corrected chi connectivity index (χ4v) is 4.04. The number of nitrogens with one attached hydrogen (secondary N) is 3. The highest BCUT2D eigenvalue weighted by Crippen LogP contribution is 2.44. The lowest BCUT2D eigenvalue weighted by Gasteiger charge is -2.20. The van der Waals surface area contributed by atoms with E-state index in [9.17, 15) is 19.8 Å². The van der Waals surface area contributed by atoms with Gasteiger partial charge in [0.15, 0.2) is 0 Å². The van der Waals surface area contributed by atoms with Crippen molar-refractivity contribution in [2.75, 3.05) is 7.11 Å². The summed E-state index contributed by atoms with van der Waals surface area (Å²) in [6.07, 6.45) is 3.94. The second-order valence-electron chi connectivity index (χ2n) is 9.28. The number of phenols is 2. The zero-order valence-electron chi connectivity index (χ0n) is 25.6. The smallest absolute Gasteiger partial charge is 0.328 e. The zero-order valence-corrected chi connectivity index (χ0v) is 25.6. The average molecular weight is 651 g/mol. The van der Waals surface area contributed by atoms with E-state index in [2.05, 4.69) is 97.7 Å². The molecule has 0 spiro atoms. The number of aryl methyl sites for hydroxylation is 1. The molecule has 19 nitrogen and oxygen atoms in total. The third-order valence-corrected chi connectivity index (χ3v) is 6.01. The summed E-state index contributed by atoms with van der Waals surface area (Å²) >= 11 is 0. The number of esters is 1. The van der Waals surface area contributed by atoms with E-state index in [1.165, 1.54) is 25.7 Å². The van der Waals surface area contributed by atoms with Gasteiger partial charge in [-0.2, -0.15) is 5.53 Å². The molecule has 3 rings (SSSR count). The van der Waals surface area contributed by atoms with Gasteiger partial charge in [0.25, 0.3) is 5.91 Å². The minimum atomic E-state index is -1.17. The number of ether oxygens (including phenoxy) is 1. The topological polar surface area (TPSA) is 272 Å². The molecule has 0 aliphatic heterocycles. The van der Waals surface area contributed by atoms with E-state index >= 15 is 0 Å². The van der Waals surface area contributed by atoms with Crippen LogP contribution in [-0.2, 0) is 16.0 Å². The van der Waals surface area contributed by atoms with Crippen molar-refractivity contribution >= 4 is 23.7 Å². The van der Waals surface area contributed by atoms with Crippen LogP contribution in [0.1, 0.15) is 39.7 Å². The molecule has 1 heterocycles. The van der Waals surface area contributed by atoms with Crippen LogP contribution in [0.2, 0.25) is 0 Å². The number of hydrogen-bond donors (Lipinski definition) is 5. The van der Waals surface area contributed by atoms with Crippen molar-refractivity contribution in [1.82, 2.24) is 15.3 Å². The number of allylic oxidation sites excluding steroid dienone is 1. The van der Waals surface area contributed by atoms with Crippen LogP contribution in [0.15, 0.2) is 95.5 Å². The van der Waals surface area contributed by atoms with Crippen LogP contribution >= 0.6 is 0 Å². The normalized spacial score (nSPS) is 11.8. The molecule has 1 aromatic heterocycles. The van der Waals surface area contributed by atoms with Crippen LogP contribution in [-0.4, -0.2) is 51.4 Å². The lowest BCUT2D eigenvalue weighted by atomic mass is 9.90. The van der Waals surface area contributed by atoms with E-state index in [0.717, 1.165) is 11.8 Å². The first kappa shape index (κ1) is 35.2. The number of aromatic hydroxyl groups is 2. The number of amides is 1. The van der Waals surface area contributed by atoms with Gasteiger partial charge >= 0.3 is 5.97 Å². The van der Waals surface area contributed by atoms with E-state index in [1.807, 2.05) is 13.0 Å². The summed E-state index contributed by atoms with van der Waals surface area (Å²) in [5, 5.41) is 55.8. The molecule has 3 aromatic rings. The number of imidazole rings is 1. The van der Waals surface area contributed by atoms with Crippen molar-refractivity contribution in [3.05, 3.63) is 71.3 Å². The lowest BCUT2D eigenvalue weighted by Crippen LogP contribution is -2.43. The van der Waals surface area contributed by atoms with Gasteiger partial charge in [-0.3, -0.25) is 4.79 Å². The minimum absolute atomic E-state index is 0.00571. The molecule has 1 amide bonds. The molecular formula is C29H26N14O5. The van der Waals surface area contributed by atoms with Crippen molar-refractivity contribution in [2.45, 2.75) is 26.3 Å². The summed E-state index contributed by atoms with van der Waals surface area (Å²) in [5.41, 5.74) is 8.95. The van der Waals surface area contributed by atoms with Gasteiger partial charge in [0.1, 0.15) is 23.8 Å². The molecule has 0 unspecified atom stereocenters. The fourth-order valence-electron chi connectivity index (χ4n) is 4.04. The largest absolute Gasteiger partial charge is 0.507 e. The number of methoxy groups -OCH3 is 1. The number of benzene rings is 2. The van der Waals surface area contributed by atoms with E-state index < -0.39 is 23.7 Å². The van der Waals surface area contributed by atoms with Crippen molar-refractivity contribution < 1.29 is 24.5 Å². The van der Waals surface area contributed by atoms with Gasteiger partial charge < -0.3 is 25.3 Å². The van der Waals surface area contributed by atoms with Gasteiger partial charge in [0.2, 0.25) is 0 Å². The first-order valence-electron chi connectivity index (χ1n) is 13.4. The number of H-pyrrole nitrogens is 1. The van der Waals surface area contributed by atoms with Crippen LogP contribution in [0, 0.1) is 36.1 Å². The second kappa shape index (κ2) is 17.9. The Bertz CT molecular complexity index is 1960. The molecule has 48 heavy (non-hydrogen) atoms. The Labute approximate surface area is 272 Å². The predicted octanol–water partition coefficient (Wildman–Crippen LogP) is 5.18. The Morgan fingerprint density at radius 3 is 2.46 bits per heavy atom. The maximum absolute atomic E-state index is 13.8. The van der Waals surface area contributed by atoms with Gasteiger partial charge in [-0.15, -0.1) is 5.10 Å². The van der Waals surface area contributed by atoms with Crippen LogP contribution in [0.25, 0.3) is 16.7 Å². The Hall–Kier alpha value is -7.28. The number of hydrogen-bond acceptors (Lipinski definition) is 8. The molecular weight excluding hydrogens is 624 g/mol. The molecule has 0 radical (unpaired) electrons. The highest BCUT2D eigenvalue weighted by Gasteiger charge is 2.29. The third kappa shape index (κ3) is 9.87. The van der Waals surface area contributed by atoms with Crippen molar-refractivity contribution in [3.63, 3.8) is 0 Å². The predicted molar refractivity (Wildman–Crippen MR) is 168 cm³/mol. The monoisotopic (exact) mass is 650 g/mol. The van der Waals surface area contributed by atoms with Gasteiger partial charge in [-0.25, -0.2) is 9.78 Å². The summed E-state index contributed by atoms with van der Waals surface area (Å²) in [5.74, 6) is 7.47. The summed E-state index contributed by atoms with van der Waals surface area (Å²) in [4.78, 5) is 33.2. The Kier molecular flexibility index (Phi) is 13.1. The molecule has 242 valence electrons. The quantitative estimate of drug-likeness (QED) is 0.0578. The van der Waals surface area contributed by atoms with Crippen LogP contribution in [0.3, 0.4) is 0 Å². The summed E-state index contributed by atoms with van der Waals surface area (Å²) in [6.45, 7) is 7.58. The summed E-state index contributed by atoms with van der Waals surface area (Å²) in [6, 6.07) is 5.40. The number of nitrogens with zero attached hydrogens (tertiary/aromatic N) is 11. The maximum atomic E-state index is 13.8. The fraction of sp³-hybridized carbons (Fsp3) is 0.172. The molecule has 2 aromatic carbocycles. The van der Waals surface area contributed by atoms with Gasteiger partial charge in [-0.1, -0.05) is 41.8 Å². The number of phenolic OH excluding ortho intramolecular Hbond substituents is 2. The van der Waals surface area contributed by atoms with Crippen molar-refractivity contribution in [2.24, 2.45) is 52.1 Å². The molecule has 0 bridgehead atoms. The number of carbonyl (C=O) groups is 2. The Morgan fingerprint density at radius 2 is 1.81 bits per heavy atom. The van der Waals surface area contributed by atoms with Gasteiger partial charge in [-0.05, 0) is 95.8 Å². The SMILES string of the molecule is C=C(C)c1ccc(C)cc1-c1c(O)cc(C#CC#C/C=N/N=N/N=N/N=N/N=N/N=N)c(C(=O)N[C@@H](Cc2cnc[nH]2)C(=O)OC)c1O. The molecule has 0 saturated heterocycles. The third-order valence-electron chi connectivity index (χ3n) is 6.01. The van der Waals surface area contributed by atoms with Crippen LogP contribution < -0.4 is 5.32 Å². The molecule has 5 N–H and O–H groups in total. The number of aromatic nitrogens is 2. The number of carbonyl (C=O) groups excluding carboxylic acids is 2. The zero-order chi connectivity index (χ0) is 34.9. The second-order valence-corrected chi connectivity index (χ2v) is 9.28. The van der Waals surface area contributed by atoms with E-state index in [1.54, 1.807) is 19.1 Å². The summed E-state index contributed by atoms with van der Waals surface area (Å²) in [7, 11) is 1.17. The molecule has 0 saturated carbocycles. The first-order valence-corrected chi connectivity index (χ1v) is 13.4. The maximum Gasteiger partial charge on any atom is 0.328 e. The highest BCUT2D eigenvalue weighted by molar-refractivity contribution is 6.05. The van der Waals surface area contributed by atoms with E-state index in [0.29, 0.717) is 22.4 Å². The van der Waals surface area contributed by atoms with Crippen LogP contribution in [0.4, 0.5) is 0 Å². The highest BCUT2D eigenvalue weighted by atomic mass is 16.5. The first-order chi connectivity index (χ1) is 23.2. The standard InChI is InChI=1S/C29H26N14O5/c1-17(2)21-10-9-18(3)12-22(21)26-24(44)13-19(8-6-5-7-11-33-36-38-40-42-43-41-39-37-35-30)25(27(26)45)28(46)34-23(29(47)48-4)14-20-15-31-16-32-20/h9-13,15-16,23,30,44-45H,1,14H2,2-4H3,(H,31,32)(H,34,46)/b33-11+,35-30?,38-36+,39-37+,42-40+,43-41+/t23-/m0/s1. The Morgan fingerprint density at radius 1 is 1.10 bits per heavy atom. The number of rotatable bonds is 12.